The van der Waals surface area contributed by atoms with Crippen molar-refractivity contribution in [2.24, 2.45) is 0 Å². The van der Waals surface area contributed by atoms with Crippen molar-refractivity contribution in [3.8, 4) is 0 Å². The molecule has 39 heavy (non-hydrogen) atoms. The summed E-state index contributed by atoms with van der Waals surface area (Å²) in [6.45, 7) is 29.8. The minimum atomic E-state index is -2.81. The van der Waals surface area contributed by atoms with Crippen LogP contribution in [0.2, 0.25) is 36.3 Å². The molecule has 1 aromatic rings. The molecule has 0 N–H and O–H groups in total. The quantitative estimate of drug-likeness (QED) is 0.236. The fourth-order valence-electron chi connectivity index (χ4n) is 5.00. The van der Waals surface area contributed by atoms with Crippen molar-refractivity contribution < 1.29 is 13.4 Å². The molecule has 0 heterocycles. The van der Waals surface area contributed by atoms with Crippen LogP contribution < -0.4 is 5.30 Å². The van der Waals surface area contributed by atoms with E-state index in [0.29, 0.717) is 6.16 Å². The standard InChI is InChI=1S/C33H53O3PSi2/c1-13-37(34,27-19-15-14-16-20-27)31-22-18-17-21-28(31)29-23-26(35-38(9,10)32(3,4)5)24-30(25(29)2)36-39(11,12)33(6,7)8/h14-20,22,26,30H,2,13,21,23-24H2,1,3-12H3/b29-28-/t26-,30+,37?/m0/s1. The van der Waals surface area contributed by atoms with Crippen molar-refractivity contribution in [3.05, 3.63) is 77.2 Å². The first-order valence-corrected chi connectivity index (χ1v) is 22.3. The van der Waals surface area contributed by atoms with Gasteiger partial charge < -0.3 is 13.4 Å². The molecule has 0 saturated heterocycles. The van der Waals surface area contributed by atoms with E-state index in [0.717, 1.165) is 35.5 Å². The zero-order valence-electron chi connectivity index (χ0n) is 26.5. The Labute approximate surface area is 241 Å². The van der Waals surface area contributed by atoms with Crippen LogP contribution in [-0.4, -0.2) is 35.0 Å². The molecule has 0 amide bonds. The third kappa shape index (κ3) is 6.81. The largest absolute Gasteiger partial charge is 0.413 e. The Balaban J connectivity index is 2.15. The lowest BCUT2D eigenvalue weighted by Crippen LogP contribution is -2.49. The molecule has 3 nitrogen and oxygen atoms in total. The highest BCUT2D eigenvalue weighted by molar-refractivity contribution is 7.75. The normalized spacial score (nSPS) is 24.9. The molecule has 3 atom stereocenters. The Morgan fingerprint density at radius 1 is 0.923 bits per heavy atom. The molecular formula is C33H53O3PSi2. The first-order valence-electron chi connectivity index (χ1n) is 14.6. The van der Waals surface area contributed by atoms with Crippen LogP contribution in [0.4, 0.5) is 0 Å². The second kappa shape index (κ2) is 11.6. The first-order chi connectivity index (χ1) is 17.8. The molecule has 216 valence electrons. The lowest BCUT2D eigenvalue weighted by atomic mass is 9.82. The molecule has 1 saturated carbocycles. The number of hydrogen-bond donors (Lipinski definition) is 0. The van der Waals surface area contributed by atoms with Crippen LogP contribution in [0.25, 0.3) is 0 Å². The smallest absolute Gasteiger partial charge is 0.192 e. The Morgan fingerprint density at radius 2 is 1.49 bits per heavy atom. The van der Waals surface area contributed by atoms with Crippen LogP contribution in [0.3, 0.4) is 0 Å². The highest BCUT2D eigenvalue weighted by atomic mass is 31.2. The van der Waals surface area contributed by atoms with Crippen molar-refractivity contribution >= 4 is 29.1 Å². The molecule has 3 rings (SSSR count). The Kier molecular flexibility index (Phi) is 9.57. The maximum Gasteiger partial charge on any atom is 0.192 e. The van der Waals surface area contributed by atoms with E-state index < -0.39 is 23.8 Å². The van der Waals surface area contributed by atoms with Gasteiger partial charge in [-0.05, 0) is 65.8 Å². The third-order valence-electron chi connectivity index (χ3n) is 9.59. The van der Waals surface area contributed by atoms with Gasteiger partial charge in [0.25, 0.3) is 0 Å². The zero-order valence-corrected chi connectivity index (χ0v) is 29.4. The highest BCUT2D eigenvalue weighted by Gasteiger charge is 2.45. The van der Waals surface area contributed by atoms with Gasteiger partial charge in [-0.1, -0.05) is 104 Å². The van der Waals surface area contributed by atoms with Crippen LogP contribution in [-0.2, 0) is 13.4 Å². The summed E-state index contributed by atoms with van der Waals surface area (Å²) in [5.74, 6) is 0. The minimum absolute atomic E-state index is 0.0542. The summed E-state index contributed by atoms with van der Waals surface area (Å²) in [4.78, 5) is 0. The molecule has 1 unspecified atom stereocenters. The Hall–Kier alpha value is -1.24. The average Bonchev–Trinajstić information content (AvgIpc) is 2.84. The van der Waals surface area contributed by atoms with Crippen LogP contribution >= 0.6 is 7.14 Å². The lowest BCUT2D eigenvalue weighted by molar-refractivity contribution is 0.0966. The van der Waals surface area contributed by atoms with E-state index >= 15 is 0 Å². The van der Waals surface area contributed by atoms with Gasteiger partial charge >= 0.3 is 0 Å². The molecule has 1 aromatic carbocycles. The van der Waals surface area contributed by atoms with Crippen molar-refractivity contribution in [2.75, 3.05) is 6.16 Å². The van der Waals surface area contributed by atoms with E-state index in [1.165, 1.54) is 11.1 Å². The maximum atomic E-state index is 14.8. The van der Waals surface area contributed by atoms with Crippen molar-refractivity contribution in [2.45, 2.75) is 116 Å². The molecule has 2 aliphatic carbocycles. The van der Waals surface area contributed by atoms with Crippen molar-refractivity contribution in [3.63, 3.8) is 0 Å². The fourth-order valence-corrected chi connectivity index (χ4v) is 10.3. The predicted octanol–water partition coefficient (Wildman–Crippen LogP) is 9.97. The zero-order chi connectivity index (χ0) is 29.4. The van der Waals surface area contributed by atoms with Crippen LogP contribution in [0, 0.1) is 0 Å². The van der Waals surface area contributed by atoms with Gasteiger partial charge in [-0.2, -0.15) is 0 Å². The van der Waals surface area contributed by atoms with Crippen LogP contribution in [0.5, 0.6) is 0 Å². The van der Waals surface area contributed by atoms with Gasteiger partial charge in [0.2, 0.25) is 0 Å². The Morgan fingerprint density at radius 3 is 2.03 bits per heavy atom. The maximum absolute atomic E-state index is 14.8. The monoisotopic (exact) mass is 584 g/mol. The molecule has 0 spiro atoms. The van der Waals surface area contributed by atoms with Gasteiger partial charge in [0.15, 0.2) is 16.6 Å². The molecular weight excluding hydrogens is 532 g/mol. The minimum Gasteiger partial charge on any atom is -0.413 e. The van der Waals surface area contributed by atoms with Gasteiger partial charge in [-0.25, -0.2) is 0 Å². The van der Waals surface area contributed by atoms with Crippen LogP contribution in [0.15, 0.2) is 77.2 Å². The van der Waals surface area contributed by atoms with E-state index in [4.69, 9.17) is 8.85 Å². The first kappa shape index (κ1) is 32.3. The molecule has 2 aliphatic rings. The lowest BCUT2D eigenvalue weighted by Gasteiger charge is -2.46. The van der Waals surface area contributed by atoms with Crippen molar-refractivity contribution in [1.82, 2.24) is 0 Å². The van der Waals surface area contributed by atoms with E-state index in [9.17, 15) is 4.57 Å². The molecule has 0 radical (unpaired) electrons. The fraction of sp³-hybridized carbons (Fsp3) is 0.576. The summed E-state index contributed by atoms with van der Waals surface area (Å²) in [6, 6.07) is 10.0. The second-order valence-corrected chi connectivity index (χ2v) is 27.0. The van der Waals surface area contributed by atoms with Gasteiger partial charge in [-0.15, -0.1) is 0 Å². The molecule has 6 heteroatoms. The molecule has 0 bridgehead atoms. The number of benzene rings is 1. The average molecular weight is 585 g/mol. The summed E-state index contributed by atoms with van der Waals surface area (Å²) in [5, 5.41) is 2.12. The van der Waals surface area contributed by atoms with E-state index in [-0.39, 0.29) is 22.3 Å². The topological polar surface area (TPSA) is 35.5 Å². The number of hydrogen-bond acceptors (Lipinski definition) is 3. The van der Waals surface area contributed by atoms with E-state index in [1.54, 1.807) is 0 Å². The second-order valence-electron chi connectivity index (χ2n) is 14.4. The number of rotatable bonds is 7. The third-order valence-corrected chi connectivity index (χ3v) is 21.8. The summed E-state index contributed by atoms with van der Waals surface area (Å²) >= 11 is 0. The summed E-state index contributed by atoms with van der Waals surface area (Å²) in [5.41, 5.74) is 3.43. The summed E-state index contributed by atoms with van der Waals surface area (Å²) in [6.07, 6.45) is 9.29. The van der Waals surface area contributed by atoms with E-state index in [2.05, 4.69) is 99.5 Å². The number of allylic oxidation sites excluding steroid dienone is 5. The van der Waals surface area contributed by atoms with Crippen molar-refractivity contribution in [1.29, 1.82) is 0 Å². The Bertz CT molecular complexity index is 1190. The molecule has 1 fully saturated rings. The highest BCUT2D eigenvalue weighted by Crippen LogP contribution is 2.58. The van der Waals surface area contributed by atoms with Crippen LogP contribution in [0.1, 0.15) is 67.7 Å². The van der Waals surface area contributed by atoms with Gasteiger partial charge in [0.05, 0.1) is 12.2 Å². The molecule has 0 aromatic heterocycles. The summed E-state index contributed by atoms with van der Waals surface area (Å²) in [7, 11) is -6.88. The molecule has 0 aliphatic heterocycles. The predicted molar refractivity (Wildman–Crippen MR) is 176 cm³/mol. The summed E-state index contributed by atoms with van der Waals surface area (Å²) < 4.78 is 28.9. The van der Waals surface area contributed by atoms with Gasteiger partial charge in [0, 0.05) is 23.2 Å². The SMILES string of the molecule is C=C1/C(=C2/CC=CC=C2P(=O)(CC)c2ccccc2)C[C@H](O[Si](C)(C)C(C)(C)C)C[C@H]1O[Si](C)(C)C(C)(C)C. The van der Waals surface area contributed by atoms with E-state index in [1.807, 2.05) is 30.3 Å². The van der Waals surface area contributed by atoms with Gasteiger partial charge in [-0.3, -0.25) is 0 Å². The van der Waals surface area contributed by atoms with Gasteiger partial charge in [0.1, 0.15) is 7.14 Å².